The Balaban J connectivity index is 2.71. The molecule has 5 nitrogen and oxygen atoms in total. The number of hydrogen-bond donors (Lipinski definition) is 2. The Morgan fingerprint density at radius 3 is 2.82 bits per heavy atom. The molecule has 0 aliphatic carbocycles. The first kappa shape index (κ1) is 13.3. The van der Waals surface area contributed by atoms with Crippen molar-refractivity contribution < 1.29 is 14.6 Å². The fourth-order valence-corrected chi connectivity index (χ4v) is 1.56. The molecule has 0 atom stereocenters. The number of rotatable bonds is 6. The Morgan fingerprint density at radius 2 is 2.24 bits per heavy atom. The summed E-state index contributed by atoms with van der Waals surface area (Å²) in [6, 6.07) is 5.13. The van der Waals surface area contributed by atoms with Crippen molar-refractivity contribution in [2.75, 3.05) is 20.2 Å². The van der Waals surface area contributed by atoms with Crippen molar-refractivity contribution in [2.24, 2.45) is 5.73 Å². The van der Waals surface area contributed by atoms with Gasteiger partial charge in [-0.25, -0.2) is 0 Å². The van der Waals surface area contributed by atoms with E-state index in [-0.39, 0.29) is 18.2 Å². The van der Waals surface area contributed by atoms with Crippen LogP contribution in [0.1, 0.15) is 12.5 Å². The van der Waals surface area contributed by atoms with E-state index in [2.05, 4.69) is 0 Å². The van der Waals surface area contributed by atoms with E-state index in [0.29, 0.717) is 18.9 Å². The Hall–Kier alpha value is -1.75. The van der Waals surface area contributed by atoms with Gasteiger partial charge in [-0.05, 0) is 31.7 Å². The molecule has 1 rings (SSSR count). The van der Waals surface area contributed by atoms with E-state index in [1.165, 1.54) is 0 Å². The van der Waals surface area contributed by atoms with Crippen molar-refractivity contribution in [3.8, 4) is 11.5 Å². The quantitative estimate of drug-likeness (QED) is 0.765. The normalized spacial score (nSPS) is 10.5. The summed E-state index contributed by atoms with van der Waals surface area (Å²) in [4.78, 5) is 12.5. The number of aromatic hydroxyl groups is 1. The Labute approximate surface area is 101 Å². The number of likely N-dealkylation sites (N-methyl/N-ethyl adjacent to an activating group) is 1. The van der Waals surface area contributed by atoms with Gasteiger partial charge in [-0.2, -0.15) is 0 Å². The number of nitrogens with two attached hydrogens (primary N) is 1. The van der Waals surface area contributed by atoms with Crippen molar-refractivity contribution in [1.82, 2.24) is 4.90 Å². The van der Waals surface area contributed by atoms with E-state index in [1.54, 1.807) is 30.1 Å². The number of primary amides is 1. The number of phenolic OH excluding ortho intramolecular Hbond substituents is 1. The molecule has 0 radical (unpaired) electrons. The molecule has 1 aromatic carbocycles. The van der Waals surface area contributed by atoms with Crippen LogP contribution in [0.4, 0.5) is 0 Å². The summed E-state index contributed by atoms with van der Waals surface area (Å²) in [7, 11) is 1.80. The molecule has 3 N–H and O–H groups in total. The zero-order valence-corrected chi connectivity index (χ0v) is 10.1. The molecule has 0 heterocycles. The van der Waals surface area contributed by atoms with Crippen LogP contribution in [-0.2, 0) is 11.3 Å². The lowest BCUT2D eigenvalue weighted by atomic mass is 10.2. The molecule has 0 saturated carbocycles. The van der Waals surface area contributed by atoms with Gasteiger partial charge in [0.2, 0.25) is 5.91 Å². The molecule has 0 fully saturated rings. The highest BCUT2D eigenvalue weighted by atomic mass is 16.5. The predicted molar refractivity (Wildman–Crippen MR) is 64.8 cm³/mol. The summed E-state index contributed by atoms with van der Waals surface area (Å²) in [6.45, 7) is 3.12. The number of carbonyl (C=O) groups excluding carboxylic acids is 1. The second-order valence-corrected chi connectivity index (χ2v) is 3.87. The van der Waals surface area contributed by atoms with Gasteiger partial charge in [-0.15, -0.1) is 0 Å². The molecule has 0 aliphatic heterocycles. The van der Waals surface area contributed by atoms with Crippen LogP contribution in [0.3, 0.4) is 0 Å². The van der Waals surface area contributed by atoms with E-state index in [4.69, 9.17) is 10.5 Å². The maximum atomic E-state index is 10.7. The minimum Gasteiger partial charge on any atom is -0.504 e. The van der Waals surface area contributed by atoms with Crippen LogP contribution in [0.15, 0.2) is 18.2 Å². The van der Waals surface area contributed by atoms with Gasteiger partial charge in [0.25, 0.3) is 0 Å². The van der Waals surface area contributed by atoms with E-state index >= 15 is 0 Å². The molecular formula is C12H18N2O3. The maximum absolute atomic E-state index is 10.7. The molecule has 94 valence electrons. The van der Waals surface area contributed by atoms with E-state index in [1.807, 2.05) is 6.92 Å². The number of hydrogen-bond acceptors (Lipinski definition) is 4. The maximum Gasteiger partial charge on any atom is 0.231 e. The fraction of sp³-hybridized carbons (Fsp3) is 0.417. The third-order valence-corrected chi connectivity index (χ3v) is 2.20. The first-order valence-corrected chi connectivity index (χ1v) is 5.44. The van der Waals surface area contributed by atoms with Gasteiger partial charge in [0.1, 0.15) is 0 Å². The monoisotopic (exact) mass is 238 g/mol. The molecule has 0 bridgehead atoms. The number of benzene rings is 1. The molecule has 0 spiro atoms. The molecule has 0 unspecified atom stereocenters. The van der Waals surface area contributed by atoms with Crippen LogP contribution < -0.4 is 10.5 Å². The van der Waals surface area contributed by atoms with Gasteiger partial charge in [0.15, 0.2) is 11.5 Å². The molecule has 1 aromatic rings. The van der Waals surface area contributed by atoms with Crippen molar-refractivity contribution in [3.63, 3.8) is 0 Å². The lowest BCUT2D eigenvalue weighted by molar-refractivity contribution is -0.118. The Kier molecular flexibility index (Phi) is 4.78. The summed E-state index contributed by atoms with van der Waals surface area (Å²) < 4.78 is 5.28. The van der Waals surface area contributed by atoms with Crippen molar-refractivity contribution >= 4 is 5.91 Å². The summed E-state index contributed by atoms with van der Waals surface area (Å²) in [5, 5.41) is 9.53. The van der Waals surface area contributed by atoms with Crippen molar-refractivity contribution in [2.45, 2.75) is 13.5 Å². The van der Waals surface area contributed by atoms with Crippen molar-refractivity contribution in [3.05, 3.63) is 23.8 Å². The first-order valence-electron chi connectivity index (χ1n) is 5.44. The standard InChI is InChI=1S/C12H18N2O3/c1-3-17-11-6-9(4-5-10(11)15)7-14(2)8-12(13)16/h4-6,15H,3,7-8H2,1-2H3,(H2,13,16). The highest BCUT2D eigenvalue weighted by Gasteiger charge is 2.07. The molecular weight excluding hydrogens is 220 g/mol. The second-order valence-electron chi connectivity index (χ2n) is 3.87. The van der Waals surface area contributed by atoms with Gasteiger partial charge >= 0.3 is 0 Å². The highest BCUT2D eigenvalue weighted by molar-refractivity contribution is 5.75. The average Bonchev–Trinajstić information content (AvgIpc) is 2.22. The van der Waals surface area contributed by atoms with Gasteiger partial charge < -0.3 is 15.6 Å². The third kappa shape index (κ3) is 4.32. The fourth-order valence-electron chi connectivity index (χ4n) is 1.56. The van der Waals surface area contributed by atoms with Gasteiger partial charge in [0.05, 0.1) is 13.2 Å². The van der Waals surface area contributed by atoms with Crippen LogP contribution in [0.5, 0.6) is 11.5 Å². The van der Waals surface area contributed by atoms with Crippen LogP contribution in [0.2, 0.25) is 0 Å². The van der Waals surface area contributed by atoms with Crippen LogP contribution in [0, 0.1) is 0 Å². The topological polar surface area (TPSA) is 75.8 Å². The Morgan fingerprint density at radius 1 is 1.53 bits per heavy atom. The zero-order chi connectivity index (χ0) is 12.8. The summed E-state index contributed by atoms with van der Waals surface area (Å²) in [6.07, 6.45) is 0. The number of ether oxygens (including phenoxy) is 1. The number of nitrogens with zero attached hydrogens (tertiary/aromatic N) is 1. The smallest absolute Gasteiger partial charge is 0.231 e. The van der Waals surface area contributed by atoms with Gasteiger partial charge in [0, 0.05) is 6.54 Å². The van der Waals surface area contributed by atoms with Crippen LogP contribution >= 0.6 is 0 Å². The first-order chi connectivity index (χ1) is 8.02. The third-order valence-electron chi connectivity index (χ3n) is 2.20. The SMILES string of the molecule is CCOc1cc(CN(C)CC(N)=O)ccc1O. The van der Waals surface area contributed by atoms with E-state index < -0.39 is 0 Å². The minimum atomic E-state index is -0.365. The number of carbonyl (C=O) groups is 1. The van der Waals surface area contributed by atoms with E-state index in [0.717, 1.165) is 5.56 Å². The summed E-state index contributed by atoms with van der Waals surface area (Å²) >= 11 is 0. The largest absolute Gasteiger partial charge is 0.504 e. The highest BCUT2D eigenvalue weighted by Crippen LogP contribution is 2.27. The van der Waals surface area contributed by atoms with Crippen LogP contribution in [-0.4, -0.2) is 36.1 Å². The second kappa shape index (κ2) is 6.10. The summed E-state index contributed by atoms with van der Waals surface area (Å²) in [5.74, 6) is 0.210. The number of amides is 1. The molecule has 17 heavy (non-hydrogen) atoms. The molecule has 0 saturated heterocycles. The average molecular weight is 238 g/mol. The Bertz CT molecular complexity index is 393. The van der Waals surface area contributed by atoms with Crippen LogP contribution in [0.25, 0.3) is 0 Å². The molecule has 5 heteroatoms. The minimum absolute atomic E-state index is 0.119. The lowest BCUT2D eigenvalue weighted by Gasteiger charge is -2.15. The molecule has 0 aliphatic rings. The van der Waals surface area contributed by atoms with E-state index in [9.17, 15) is 9.90 Å². The summed E-state index contributed by atoms with van der Waals surface area (Å²) in [5.41, 5.74) is 6.06. The molecule has 1 amide bonds. The van der Waals surface area contributed by atoms with Crippen molar-refractivity contribution in [1.29, 1.82) is 0 Å². The van der Waals surface area contributed by atoms with Gasteiger partial charge in [-0.3, -0.25) is 9.69 Å². The zero-order valence-electron chi connectivity index (χ0n) is 10.1. The molecule has 0 aromatic heterocycles. The van der Waals surface area contributed by atoms with Gasteiger partial charge in [-0.1, -0.05) is 6.07 Å². The lowest BCUT2D eigenvalue weighted by Crippen LogP contribution is -2.30. The predicted octanol–water partition coefficient (Wildman–Crippen LogP) is 0.708. The number of phenols is 1.